The molecule has 0 spiro atoms. The molecule has 0 saturated carbocycles. The van der Waals surface area contributed by atoms with Gasteiger partial charge < -0.3 is 25.4 Å². The predicted molar refractivity (Wildman–Crippen MR) is 113 cm³/mol. The first-order valence-electron chi connectivity index (χ1n) is 8.85. The third kappa shape index (κ3) is 5.49. The lowest BCUT2D eigenvalue weighted by Gasteiger charge is -2.11. The van der Waals surface area contributed by atoms with Gasteiger partial charge in [0.05, 0.1) is 14.2 Å². The number of carbonyl (C=O) groups is 2. The van der Waals surface area contributed by atoms with Crippen LogP contribution in [-0.4, -0.2) is 26.2 Å². The van der Waals surface area contributed by atoms with Crippen LogP contribution in [0.4, 0.5) is 21.9 Å². The van der Waals surface area contributed by atoms with Crippen LogP contribution >= 0.6 is 0 Å². The van der Waals surface area contributed by atoms with Gasteiger partial charge >= 0.3 is 6.03 Å². The third-order valence-electron chi connectivity index (χ3n) is 4.02. The topological polar surface area (TPSA) is 88.7 Å². The maximum atomic E-state index is 12.6. The second-order valence-corrected chi connectivity index (χ2v) is 6.08. The summed E-state index contributed by atoms with van der Waals surface area (Å²) < 4.78 is 10.4. The molecule has 3 aromatic carbocycles. The molecule has 3 amide bonds. The molecule has 7 nitrogen and oxygen atoms in total. The summed E-state index contributed by atoms with van der Waals surface area (Å²) >= 11 is 0. The fraction of sp³-hybridized carbons (Fsp3) is 0.0909. The predicted octanol–water partition coefficient (Wildman–Crippen LogP) is 4.60. The summed E-state index contributed by atoms with van der Waals surface area (Å²) in [6.45, 7) is 0. The number of amides is 3. The highest BCUT2D eigenvalue weighted by Gasteiger charge is 2.11. The zero-order valence-electron chi connectivity index (χ0n) is 16.1. The van der Waals surface area contributed by atoms with Gasteiger partial charge in [0.1, 0.15) is 11.5 Å². The molecule has 3 N–H and O–H groups in total. The summed E-state index contributed by atoms with van der Waals surface area (Å²) in [7, 11) is 3.04. The molecule has 0 aromatic heterocycles. The second-order valence-electron chi connectivity index (χ2n) is 6.08. The Kier molecular flexibility index (Phi) is 6.32. The smallest absolute Gasteiger partial charge is 0.323 e. The highest BCUT2D eigenvalue weighted by molar-refractivity contribution is 6.05. The van der Waals surface area contributed by atoms with E-state index < -0.39 is 0 Å². The Morgan fingerprint density at radius 1 is 0.655 bits per heavy atom. The molecule has 0 unspecified atom stereocenters. The largest absolute Gasteiger partial charge is 0.497 e. The second kappa shape index (κ2) is 9.27. The number of carbonyl (C=O) groups excluding carboxylic acids is 2. The van der Waals surface area contributed by atoms with Gasteiger partial charge in [-0.1, -0.05) is 24.3 Å². The van der Waals surface area contributed by atoms with Crippen LogP contribution in [-0.2, 0) is 0 Å². The Balaban J connectivity index is 1.68. The van der Waals surface area contributed by atoms with E-state index in [0.29, 0.717) is 34.1 Å². The van der Waals surface area contributed by atoms with Crippen LogP contribution in [0.3, 0.4) is 0 Å². The number of para-hydroxylation sites is 1. The molecule has 3 aromatic rings. The van der Waals surface area contributed by atoms with Gasteiger partial charge in [0.15, 0.2) is 0 Å². The number of benzene rings is 3. The molecular formula is C22H21N3O4. The highest BCUT2D eigenvalue weighted by Crippen LogP contribution is 2.24. The summed E-state index contributed by atoms with van der Waals surface area (Å²) in [5.74, 6) is 0.707. The zero-order chi connectivity index (χ0) is 20.6. The molecule has 7 heteroatoms. The summed E-state index contributed by atoms with van der Waals surface area (Å²) in [4.78, 5) is 24.7. The van der Waals surface area contributed by atoms with Gasteiger partial charge in [-0.2, -0.15) is 0 Å². The van der Waals surface area contributed by atoms with E-state index in [1.165, 1.54) is 14.2 Å². The van der Waals surface area contributed by atoms with Crippen molar-refractivity contribution in [1.82, 2.24) is 0 Å². The molecule has 3 rings (SSSR count). The molecule has 0 atom stereocenters. The minimum Gasteiger partial charge on any atom is -0.497 e. The SMILES string of the molecule is COc1cc(OC)cc(C(=O)Nc2cccc(NC(=O)Nc3ccccc3)c2)c1. The monoisotopic (exact) mass is 391 g/mol. The molecule has 0 aliphatic heterocycles. The number of anilines is 3. The van der Waals surface area contributed by atoms with Crippen molar-refractivity contribution < 1.29 is 19.1 Å². The first kappa shape index (κ1) is 19.8. The summed E-state index contributed by atoms with van der Waals surface area (Å²) in [5, 5.41) is 8.28. The van der Waals surface area contributed by atoms with Crippen molar-refractivity contribution in [1.29, 1.82) is 0 Å². The van der Waals surface area contributed by atoms with Crippen molar-refractivity contribution >= 4 is 29.0 Å². The first-order valence-corrected chi connectivity index (χ1v) is 8.85. The van der Waals surface area contributed by atoms with Crippen molar-refractivity contribution in [3.05, 3.63) is 78.4 Å². The van der Waals surface area contributed by atoms with Crippen LogP contribution in [0, 0.1) is 0 Å². The van der Waals surface area contributed by atoms with Gasteiger partial charge in [-0.15, -0.1) is 0 Å². The Morgan fingerprint density at radius 3 is 1.83 bits per heavy atom. The molecular weight excluding hydrogens is 370 g/mol. The van der Waals surface area contributed by atoms with Crippen molar-refractivity contribution in [3.8, 4) is 11.5 Å². The molecule has 0 aliphatic carbocycles. The Labute approximate surface area is 168 Å². The fourth-order valence-electron chi connectivity index (χ4n) is 2.63. The number of methoxy groups -OCH3 is 2. The van der Waals surface area contributed by atoms with E-state index in [9.17, 15) is 9.59 Å². The Bertz CT molecular complexity index is 984. The minimum absolute atomic E-state index is 0.326. The summed E-state index contributed by atoms with van der Waals surface area (Å²) in [5.41, 5.74) is 2.15. The Morgan fingerprint density at radius 2 is 1.21 bits per heavy atom. The van der Waals surface area contributed by atoms with E-state index >= 15 is 0 Å². The number of urea groups is 1. The standard InChI is InChI=1S/C22H21N3O4/c1-28-19-11-15(12-20(14-19)29-2)21(26)23-17-9-6-10-18(13-17)25-22(27)24-16-7-4-3-5-8-16/h3-14H,1-2H3,(H,23,26)(H2,24,25,27). The van der Waals surface area contributed by atoms with E-state index in [1.807, 2.05) is 18.2 Å². The first-order chi connectivity index (χ1) is 14.1. The molecule has 0 radical (unpaired) electrons. The maximum Gasteiger partial charge on any atom is 0.323 e. The van der Waals surface area contributed by atoms with E-state index in [1.54, 1.807) is 54.6 Å². The van der Waals surface area contributed by atoms with Crippen molar-refractivity contribution in [2.75, 3.05) is 30.2 Å². The Hall–Kier alpha value is -4.00. The van der Waals surface area contributed by atoms with Crippen LogP contribution in [0.5, 0.6) is 11.5 Å². The van der Waals surface area contributed by atoms with Gasteiger partial charge in [0.25, 0.3) is 5.91 Å². The van der Waals surface area contributed by atoms with Gasteiger partial charge in [-0.05, 0) is 42.5 Å². The van der Waals surface area contributed by atoms with Crippen molar-refractivity contribution in [3.63, 3.8) is 0 Å². The van der Waals surface area contributed by atoms with Gasteiger partial charge in [0.2, 0.25) is 0 Å². The normalized spacial score (nSPS) is 10.0. The van der Waals surface area contributed by atoms with E-state index in [0.717, 1.165) is 0 Å². The van der Waals surface area contributed by atoms with Gasteiger partial charge in [0, 0.05) is 28.7 Å². The molecule has 148 valence electrons. The third-order valence-corrected chi connectivity index (χ3v) is 4.02. The van der Waals surface area contributed by atoms with Crippen molar-refractivity contribution in [2.45, 2.75) is 0 Å². The van der Waals surface area contributed by atoms with Gasteiger partial charge in [-0.3, -0.25) is 4.79 Å². The molecule has 29 heavy (non-hydrogen) atoms. The lowest BCUT2D eigenvalue weighted by Crippen LogP contribution is -2.19. The molecule has 0 aliphatic rings. The minimum atomic E-state index is -0.378. The molecule has 0 fully saturated rings. The number of hydrogen-bond donors (Lipinski definition) is 3. The fourth-order valence-corrected chi connectivity index (χ4v) is 2.63. The van der Waals surface area contributed by atoms with E-state index in [-0.39, 0.29) is 11.9 Å². The average molecular weight is 391 g/mol. The van der Waals surface area contributed by atoms with Crippen LogP contribution < -0.4 is 25.4 Å². The lowest BCUT2D eigenvalue weighted by molar-refractivity contribution is 0.102. The highest BCUT2D eigenvalue weighted by atomic mass is 16.5. The van der Waals surface area contributed by atoms with Crippen LogP contribution in [0.2, 0.25) is 0 Å². The van der Waals surface area contributed by atoms with Crippen LogP contribution in [0.1, 0.15) is 10.4 Å². The maximum absolute atomic E-state index is 12.6. The van der Waals surface area contributed by atoms with Crippen LogP contribution in [0.25, 0.3) is 0 Å². The number of rotatable bonds is 6. The number of hydrogen-bond acceptors (Lipinski definition) is 4. The van der Waals surface area contributed by atoms with Crippen LogP contribution in [0.15, 0.2) is 72.8 Å². The van der Waals surface area contributed by atoms with E-state index in [4.69, 9.17) is 9.47 Å². The lowest BCUT2D eigenvalue weighted by atomic mass is 10.1. The molecule has 0 heterocycles. The quantitative estimate of drug-likeness (QED) is 0.573. The van der Waals surface area contributed by atoms with Crippen molar-refractivity contribution in [2.24, 2.45) is 0 Å². The summed E-state index contributed by atoms with van der Waals surface area (Å²) in [6, 6.07) is 20.5. The molecule has 0 saturated heterocycles. The molecule has 0 bridgehead atoms. The summed E-state index contributed by atoms with van der Waals surface area (Å²) in [6.07, 6.45) is 0. The van der Waals surface area contributed by atoms with Gasteiger partial charge in [-0.25, -0.2) is 4.79 Å². The zero-order valence-corrected chi connectivity index (χ0v) is 16.1. The number of nitrogens with one attached hydrogen (secondary N) is 3. The van der Waals surface area contributed by atoms with E-state index in [2.05, 4.69) is 16.0 Å². The number of ether oxygens (including phenoxy) is 2. The average Bonchev–Trinajstić information content (AvgIpc) is 2.74.